The highest BCUT2D eigenvalue weighted by Gasteiger charge is 2.41. The van der Waals surface area contributed by atoms with E-state index in [1.807, 2.05) is 18.2 Å². The molecule has 1 atom stereocenters. The van der Waals surface area contributed by atoms with Crippen LogP contribution in [0.3, 0.4) is 0 Å². The molecule has 1 aliphatic rings. The highest BCUT2D eigenvalue weighted by Crippen LogP contribution is 2.51. The van der Waals surface area contributed by atoms with Crippen molar-refractivity contribution in [1.29, 1.82) is 0 Å². The van der Waals surface area contributed by atoms with Crippen LogP contribution < -0.4 is 11.1 Å². The number of carbonyl (C=O) groups is 1. The quantitative estimate of drug-likeness (QED) is 0.653. The summed E-state index contributed by atoms with van der Waals surface area (Å²) in [6, 6.07) is 14.1. The maximum Gasteiger partial charge on any atom is 0.248 e. The Morgan fingerprint density at radius 1 is 1.18 bits per heavy atom. The van der Waals surface area contributed by atoms with Crippen molar-refractivity contribution in [2.75, 3.05) is 5.32 Å². The Hall–Kier alpha value is -2.95. The average molecular weight is 377 g/mol. The van der Waals surface area contributed by atoms with E-state index >= 15 is 0 Å². The van der Waals surface area contributed by atoms with Gasteiger partial charge >= 0.3 is 0 Å². The molecule has 3 N–H and O–H groups in total. The largest absolute Gasteiger partial charge is 0.377 e. The van der Waals surface area contributed by atoms with E-state index in [2.05, 4.69) is 24.1 Å². The molecular weight excluding hydrogens is 353 g/mol. The standard InChI is InChI=1S/C23H24FN3O/c1-23(2)11-17(12-23)21(14-3-5-15(6-4-14)22(25)28)27-19-10-16-9-18(24)7-8-20(16)26-13-19/h3-10,13,17,21,27H,11-12H2,1-2H3,(H2,25,28). The number of nitrogens with one attached hydrogen (secondary N) is 1. The van der Waals surface area contributed by atoms with E-state index in [0.717, 1.165) is 35.0 Å². The van der Waals surface area contributed by atoms with Gasteiger partial charge in [-0.25, -0.2) is 4.39 Å². The van der Waals surface area contributed by atoms with E-state index in [9.17, 15) is 9.18 Å². The van der Waals surface area contributed by atoms with Gasteiger partial charge in [0.1, 0.15) is 5.82 Å². The first-order chi connectivity index (χ1) is 13.3. The predicted octanol–water partition coefficient (Wildman–Crippen LogP) is 5.06. The summed E-state index contributed by atoms with van der Waals surface area (Å²) >= 11 is 0. The van der Waals surface area contributed by atoms with Gasteiger partial charge in [-0.15, -0.1) is 0 Å². The number of pyridine rings is 1. The number of hydrogen-bond donors (Lipinski definition) is 2. The van der Waals surface area contributed by atoms with Gasteiger partial charge in [-0.1, -0.05) is 26.0 Å². The fourth-order valence-corrected chi connectivity index (χ4v) is 4.28. The summed E-state index contributed by atoms with van der Waals surface area (Å²) in [5, 5.41) is 4.36. The molecule has 0 saturated heterocycles. The minimum atomic E-state index is -0.429. The third-order valence-corrected chi connectivity index (χ3v) is 5.62. The number of nitrogens with zero attached hydrogens (tertiary/aromatic N) is 1. The molecule has 28 heavy (non-hydrogen) atoms. The van der Waals surface area contributed by atoms with Crippen molar-refractivity contribution in [1.82, 2.24) is 4.98 Å². The van der Waals surface area contributed by atoms with Gasteiger partial charge in [0.05, 0.1) is 23.4 Å². The lowest BCUT2D eigenvalue weighted by Crippen LogP contribution is -2.38. The summed E-state index contributed by atoms with van der Waals surface area (Å²) in [6.07, 6.45) is 4.00. The summed E-state index contributed by atoms with van der Waals surface area (Å²) < 4.78 is 13.6. The highest BCUT2D eigenvalue weighted by molar-refractivity contribution is 5.92. The molecule has 1 fully saturated rings. The van der Waals surface area contributed by atoms with Crippen LogP contribution in [-0.2, 0) is 0 Å². The smallest absolute Gasteiger partial charge is 0.248 e. The molecule has 0 aliphatic heterocycles. The third kappa shape index (κ3) is 3.70. The number of amides is 1. The molecule has 1 saturated carbocycles. The van der Waals surface area contributed by atoms with Gasteiger partial charge in [-0.05, 0) is 66.1 Å². The van der Waals surface area contributed by atoms with Crippen LogP contribution in [0.2, 0.25) is 0 Å². The fourth-order valence-electron chi connectivity index (χ4n) is 4.28. The zero-order chi connectivity index (χ0) is 19.9. The molecule has 0 bridgehead atoms. The number of primary amides is 1. The number of benzene rings is 2. The van der Waals surface area contributed by atoms with Crippen LogP contribution in [0.15, 0.2) is 54.7 Å². The van der Waals surface area contributed by atoms with Crippen LogP contribution in [0, 0.1) is 17.2 Å². The number of halogens is 1. The summed E-state index contributed by atoms with van der Waals surface area (Å²) in [5.41, 5.74) is 8.92. The predicted molar refractivity (Wildman–Crippen MR) is 110 cm³/mol. The molecule has 1 unspecified atom stereocenters. The summed E-state index contributed by atoms with van der Waals surface area (Å²) in [6.45, 7) is 4.55. The second kappa shape index (κ2) is 6.89. The van der Waals surface area contributed by atoms with Gasteiger partial charge in [-0.3, -0.25) is 9.78 Å². The molecule has 1 heterocycles. The van der Waals surface area contributed by atoms with Gasteiger partial charge in [0.15, 0.2) is 0 Å². The Balaban J connectivity index is 1.65. The van der Waals surface area contributed by atoms with Gasteiger partial charge in [0.25, 0.3) is 0 Å². The SMILES string of the molecule is CC1(C)CC(C(Nc2cnc3ccc(F)cc3c2)c2ccc(C(N)=O)cc2)C1. The van der Waals surface area contributed by atoms with Gasteiger partial charge in [-0.2, -0.15) is 0 Å². The van der Waals surface area contributed by atoms with Crippen molar-refractivity contribution in [3.8, 4) is 0 Å². The molecule has 1 amide bonds. The molecule has 1 aromatic heterocycles. The van der Waals surface area contributed by atoms with Crippen molar-refractivity contribution < 1.29 is 9.18 Å². The number of carbonyl (C=O) groups excluding carboxylic acids is 1. The first-order valence-corrected chi connectivity index (χ1v) is 9.52. The molecular formula is C23H24FN3O. The maximum absolute atomic E-state index is 13.6. The third-order valence-electron chi connectivity index (χ3n) is 5.62. The maximum atomic E-state index is 13.6. The van der Waals surface area contributed by atoms with E-state index in [1.54, 1.807) is 24.4 Å². The van der Waals surface area contributed by atoms with Crippen molar-refractivity contribution in [2.24, 2.45) is 17.1 Å². The van der Waals surface area contributed by atoms with E-state index in [4.69, 9.17) is 5.73 Å². The van der Waals surface area contributed by atoms with Crippen LogP contribution in [0.25, 0.3) is 10.9 Å². The molecule has 0 spiro atoms. The molecule has 4 nitrogen and oxygen atoms in total. The summed E-state index contributed by atoms with van der Waals surface area (Å²) in [4.78, 5) is 15.8. The van der Waals surface area contributed by atoms with E-state index in [1.165, 1.54) is 12.1 Å². The van der Waals surface area contributed by atoms with Crippen LogP contribution in [0.5, 0.6) is 0 Å². The average Bonchev–Trinajstić information content (AvgIpc) is 2.64. The first-order valence-electron chi connectivity index (χ1n) is 9.52. The zero-order valence-electron chi connectivity index (χ0n) is 16.1. The van der Waals surface area contributed by atoms with E-state index < -0.39 is 5.91 Å². The Morgan fingerprint density at radius 2 is 1.89 bits per heavy atom. The topological polar surface area (TPSA) is 68.0 Å². The van der Waals surface area contributed by atoms with Crippen LogP contribution >= 0.6 is 0 Å². The highest BCUT2D eigenvalue weighted by atomic mass is 19.1. The molecule has 3 aromatic rings. The first kappa shape index (κ1) is 18.4. The minimum Gasteiger partial charge on any atom is -0.377 e. The lowest BCUT2D eigenvalue weighted by molar-refractivity contribution is 0.0812. The Kier molecular flexibility index (Phi) is 4.53. The van der Waals surface area contributed by atoms with Gasteiger partial charge in [0.2, 0.25) is 5.91 Å². The second-order valence-electron chi connectivity index (χ2n) is 8.50. The Morgan fingerprint density at radius 3 is 2.54 bits per heavy atom. The van der Waals surface area contributed by atoms with Crippen molar-refractivity contribution in [2.45, 2.75) is 32.7 Å². The molecule has 2 aromatic carbocycles. The van der Waals surface area contributed by atoms with E-state index in [0.29, 0.717) is 16.9 Å². The number of rotatable bonds is 5. The molecule has 4 rings (SSSR count). The van der Waals surface area contributed by atoms with Crippen molar-refractivity contribution in [3.63, 3.8) is 0 Å². The molecule has 144 valence electrons. The number of nitrogens with two attached hydrogens (primary N) is 1. The van der Waals surface area contributed by atoms with Crippen LogP contribution in [0.4, 0.5) is 10.1 Å². The number of anilines is 1. The number of fused-ring (bicyclic) bond motifs is 1. The lowest BCUT2D eigenvalue weighted by Gasteiger charge is -2.47. The summed E-state index contributed by atoms with van der Waals surface area (Å²) in [5.74, 6) is -0.231. The normalized spacial score (nSPS) is 17.1. The Bertz CT molecular complexity index is 1020. The van der Waals surface area contributed by atoms with Gasteiger partial charge in [0, 0.05) is 10.9 Å². The van der Waals surface area contributed by atoms with Crippen LogP contribution in [-0.4, -0.2) is 10.9 Å². The molecule has 1 aliphatic carbocycles. The minimum absolute atomic E-state index is 0.0859. The molecule has 0 radical (unpaired) electrons. The number of hydrogen-bond acceptors (Lipinski definition) is 3. The fraction of sp³-hybridized carbons (Fsp3) is 0.304. The molecule has 5 heteroatoms. The van der Waals surface area contributed by atoms with Crippen LogP contribution in [0.1, 0.15) is 48.7 Å². The second-order valence-corrected chi connectivity index (χ2v) is 8.50. The van der Waals surface area contributed by atoms with Crippen molar-refractivity contribution in [3.05, 3.63) is 71.7 Å². The van der Waals surface area contributed by atoms with Gasteiger partial charge < -0.3 is 11.1 Å². The van der Waals surface area contributed by atoms with Crippen molar-refractivity contribution >= 4 is 22.5 Å². The lowest BCUT2D eigenvalue weighted by atomic mass is 9.61. The zero-order valence-corrected chi connectivity index (χ0v) is 16.1. The summed E-state index contributed by atoms with van der Waals surface area (Å²) in [7, 11) is 0. The Labute approximate surface area is 164 Å². The number of aromatic nitrogens is 1. The van der Waals surface area contributed by atoms with E-state index in [-0.39, 0.29) is 11.9 Å². The monoisotopic (exact) mass is 377 g/mol.